The summed E-state index contributed by atoms with van der Waals surface area (Å²) in [7, 11) is 0. The summed E-state index contributed by atoms with van der Waals surface area (Å²) in [6.07, 6.45) is -3.02. The van der Waals surface area contributed by atoms with E-state index in [9.17, 15) is 18.0 Å². The minimum absolute atomic E-state index is 0.102. The molecule has 0 aliphatic carbocycles. The van der Waals surface area contributed by atoms with E-state index >= 15 is 0 Å². The van der Waals surface area contributed by atoms with Gasteiger partial charge in [0.2, 0.25) is 0 Å². The van der Waals surface area contributed by atoms with E-state index in [0.717, 1.165) is 12.1 Å². The molecule has 106 valence electrons. The average molecular weight is 460 g/mol. The Kier molecular flexibility index (Phi) is 4.14. The molecule has 0 unspecified atom stereocenters. The molecule has 0 radical (unpaired) electrons. The number of alkyl halides is 3. The number of rotatable bonds is 2. The molecule has 1 heterocycles. The van der Waals surface area contributed by atoms with Crippen LogP contribution in [0.2, 0.25) is 0 Å². The van der Waals surface area contributed by atoms with Crippen molar-refractivity contribution in [1.29, 1.82) is 0 Å². The Labute approximate surface area is 133 Å². The zero-order valence-corrected chi connectivity index (χ0v) is 13.3. The molecule has 3 nitrogen and oxygen atoms in total. The predicted molar refractivity (Wildman–Crippen MR) is 78.1 cm³/mol. The molecule has 0 saturated carbocycles. The van der Waals surface area contributed by atoms with Crippen LogP contribution in [0.3, 0.4) is 0 Å². The third-order valence-corrected chi connectivity index (χ3v) is 3.80. The molecule has 0 fully saturated rings. The van der Waals surface area contributed by atoms with E-state index in [1.54, 1.807) is 0 Å². The number of hydrogen-bond donors (Lipinski definition) is 1. The lowest BCUT2D eigenvalue weighted by Gasteiger charge is -2.12. The lowest BCUT2D eigenvalue weighted by atomic mass is 10.2. The first-order valence-corrected chi connectivity index (χ1v) is 7.05. The number of carboxylic acids is 1. The highest BCUT2D eigenvalue weighted by atomic mass is 127. The van der Waals surface area contributed by atoms with Crippen molar-refractivity contribution in [1.82, 2.24) is 4.57 Å². The molecule has 0 amide bonds. The Morgan fingerprint density at radius 3 is 2.50 bits per heavy atom. The highest BCUT2D eigenvalue weighted by molar-refractivity contribution is 14.1. The fourth-order valence-corrected chi connectivity index (χ4v) is 2.68. The molecule has 1 N–H and O–H groups in total. The molecule has 20 heavy (non-hydrogen) atoms. The average Bonchev–Trinajstić information content (AvgIpc) is 2.70. The van der Waals surface area contributed by atoms with Crippen molar-refractivity contribution in [2.45, 2.75) is 6.18 Å². The normalized spacial score (nSPS) is 11.7. The minimum atomic E-state index is -4.49. The largest absolute Gasteiger partial charge is 0.477 e. The number of nitrogens with zero attached hydrogens (tertiary/aromatic N) is 1. The predicted octanol–water partition coefficient (Wildman–Crippen LogP) is 4.56. The van der Waals surface area contributed by atoms with Gasteiger partial charge in [0, 0.05) is 14.2 Å². The Bertz CT molecular complexity index is 682. The molecule has 1 aromatic carbocycles. The van der Waals surface area contributed by atoms with Crippen LogP contribution >= 0.6 is 38.5 Å². The number of aromatic nitrogens is 1. The Balaban J connectivity index is 2.66. The van der Waals surface area contributed by atoms with Crippen LogP contribution in [0.4, 0.5) is 13.2 Å². The monoisotopic (exact) mass is 459 g/mol. The van der Waals surface area contributed by atoms with Gasteiger partial charge in [0.1, 0.15) is 5.69 Å². The van der Waals surface area contributed by atoms with Crippen LogP contribution < -0.4 is 0 Å². The third kappa shape index (κ3) is 3.00. The molecule has 0 aliphatic heterocycles. The summed E-state index contributed by atoms with van der Waals surface area (Å²) in [5.41, 5.74) is -0.815. The fraction of sp³-hybridized carbons (Fsp3) is 0.0833. The highest BCUT2D eigenvalue weighted by Gasteiger charge is 2.31. The molecular weight excluding hydrogens is 454 g/mol. The number of aromatic carboxylic acids is 1. The first-order valence-electron chi connectivity index (χ1n) is 5.18. The van der Waals surface area contributed by atoms with Crippen LogP contribution in [0.5, 0.6) is 0 Å². The highest BCUT2D eigenvalue weighted by Crippen LogP contribution is 2.34. The first kappa shape index (κ1) is 15.4. The summed E-state index contributed by atoms with van der Waals surface area (Å²) in [5.74, 6) is -1.21. The number of carboxylic acid groups (broad SMARTS) is 1. The number of benzene rings is 1. The van der Waals surface area contributed by atoms with Crippen LogP contribution in [0, 0.1) is 3.57 Å². The number of carbonyl (C=O) groups is 1. The van der Waals surface area contributed by atoms with Gasteiger partial charge in [-0.15, -0.1) is 0 Å². The van der Waals surface area contributed by atoms with Crippen LogP contribution in [0.1, 0.15) is 16.1 Å². The second kappa shape index (κ2) is 5.40. The Hall–Kier alpha value is -1.03. The van der Waals surface area contributed by atoms with Crippen LogP contribution in [-0.4, -0.2) is 15.6 Å². The van der Waals surface area contributed by atoms with E-state index in [2.05, 4.69) is 15.9 Å². The molecule has 1 aromatic heterocycles. The zero-order valence-electron chi connectivity index (χ0n) is 9.58. The van der Waals surface area contributed by atoms with Crippen molar-refractivity contribution >= 4 is 44.5 Å². The quantitative estimate of drug-likeness (QED) is 0.669. The van der Waals surface area contributed by atoms with Crippen molar-refractivity contribution in [3.63, 3.8) is 0 Å². The maximum Gasteiger partial charge on any atom is 0.416 e. The second-order valence-electron chi connectivity index (χ2n) is 3.88. The molecule has 0 atom stereocenters. The molecule has 0 aliphatic rings. The van der Waals surface area contributed by atoms with Gasteiger partial charge in [-0.3, -0.25) is 0 Å². The minimum Gasteiger partial charge on any atom is -0.477 e. The van der Waals surface area contributed by atoms with Gasteiger partial charge in [0.25, 0.3) is 0 Å². The van der Waals surface area contributed by atoms with Crippen LogP contribution in [-0.2, 0) is 6.18 Å². The zero-order chi connectivity index (χ0) is 15.1. The molecular formula is C12H6BrF3INO2. The van der Waals surface area contributed by atoms with Crippen LogP contribution in [0.15, 0.2) is 34.9 Å². The summed E-state index contributed by atoms with van der Waals surface area (Å²) in [4.78, 5) is 11.1. The SMILES string of the molecule is O=C(O)c1cc(I)cn1-c1cc(C(F)(F)F)ccc1Br. The van der Waals surface area contributed by atoms with Crippen molar-refractivity contribution < 1.29 is 23.1 Å². The second-order valence-corrected chi connectivity index (χ2v) is 5.98. The van der Waals surface area contributed by atoms with Crippen molar-refractivity contribution in [3.05, 3.63) is 49.8 Å². The van der Waals surface area contributed by atoms with Crippen molar-refractivity contribution in [3.8, 4) is 5.69 Å². The van der Waals surface area contributed by atoms with Gasteiger partial charge in [-0.2, -0.15) is 13.2 Å². The topological polar surface area (TPSA) is 42.2 Å². The van der Waals surface area contributed by atoms with Crippen molar-refractivity contribution in [2.75, 3.05) is 0 Å². The Morgan fingerprint density at radius 2 is 1.95 bits per heavy atom. The molecule has 0 saturated heterocycles. The maximum atomic E-state index is 12.7. The van der Waals surface area contributed by atoms with Gasteiger partial charge < -0.3 is 9.67 Å². The summed E-state index contributed by atoms with van der Waals surface area (Å²) in [5, 5.41) is 9.10. The number of hydrogen-bond acceptors (Lipinski definition) is 1. The lowest BCUT2D eigenvalue weighted by Crippen LogP contribution is -2.09. The van der Waals surface area contributed by atoms with Gasteiger partial charge in [0.05, 0.1) is 11.3 Å². The first-order chi connectivity index (χ1) is 9.20. The molecule has 0 spiro atoms. The maximum absolute atomic E-state index is 12.7. The fourth-order valence-electron chi connectivity index (χ4n) is 1.67. The van der Waals surface area contributed by atoms with Gasteiger partial charge in [-0.05, 0) is 62.8 Å². The van der Waals surface area contributed by atoms with Gasteiger partial charge in [-0.25, -0.2) is 4.79 Å². The number of halogens is 5. The summed E-state index contributed by atoms with van der Waals surface area (Å²) in [6.45, 7) is 0. The molecule has 2 aromatic rings. The Morgan fingerprint density at radius 1 is 1.30 bits per heavy atom. The van der Waals surface area contributed by atoms with Gasteiger partial charge in [-0.1, -0.05) is 0 Å². The molecule has 2 rings (SSSR count). The van der Waals surface area contributed by atoms with E-state index in [4.69, 9.17) is 5.11 Å². The van der Waals surface area contributed by atoms with E-state index in [1.165, 1.54) is 22.9 Å². The summed E-state index contributed by atoms with van der Waals surface area (Å²) in [6, 6.07) is 4.47. The van der Waals surface area contributed by atoms with E-state index in [1.807, 2.05) is 22.6 Å². The molecule has 8 heteroatoms. The summed E-state index contributed by atoms with van der Waals surface area (Å²) < 4.78 is 40.4. The van der Waals surface area contributed by atoms with E-state index < -0.39 is 17.7 Å². The summed E-state index contributed by atoms with van der Waals surface area (Å²) >= 11 is 5.04. The van der Waals surface area contributed by atoms with Crippen LogP contribution in [0.25, 0.3) is 5.69 Å². The standard InChI is InChI=1S/C12H6BrF3INO2/c13-8-2-1-6(12(14,15)16)3-9(8)18-5-7(17)4-10(18)11(19)20/h1-5H,(H,19,20). The van der Waals surface area contributed by atoms with E-state index in [-0.39, 0.29) is 11.4 Å². The third-order valence-electron chi connectivity index (χ3n) is 2.54. The van der Waals surface area contributed by atoms with E-state index in [0.29, 0.717) is 8.04 Å². The van der Waals surface area contributed by atoms with Crippen molar-refractivity contribution in [2.24, 2.45) is 0 Å². The molecule has 0 bridgehead atoms. The lowest BCUT2D eigenvalue weighted by molar-refractivity contribution is -0.137. The van der Waals surface area contributed by atoms with Gasteiger partial charge in [0.15, 0.2) is 0 Å². The smallest absolute Gasteiger partial charge is 0.416 e. The van der Waals surface area contributed by atoms with Gasteiger partial charge >= 0.3 is 12.1 Å².